The maximum atomic E-state index is 13.1. The number of nitrogens with one attached hydrogen (secondary N) is 1. The van der Waals surface area contributed by atoms with Gasteiger partial charge in [0.25, 0.3) is 0 Å². The van der Waals surface area contributed by atoms with Crippen molar-refractivity contribution in [2.45, 2.75) is 32.3 Å². The number of ketones is 1. The third-order valence-electron chi connectivity index (χ3n) is 6.71. The van der Waals surface area contributed by atoms with Crippen molar-refractivity contribution in [3.8, 4) is 5.75 Å². The highest BCUT2D eigenvalue weighted by atomic mass is 79.9. The molecule has 0 heterocycles. The van der Waals surface area contributed by atoms with Gasteiger partial charge in [-0.05, 0) is 80.4 Å². The van der Waals surface area contributed by atoms with Crippen molar-refractivity contribution in [2.75, 3.05) is 38.4 Å². The smallest absolute Gasteiger partial charge is 0.300 e. The molecule has 0 saturated carbocycles. The number of hydrogen-bond acceptors (Lipinski definition) is 8. The van der Waals surface area contributed by atoms with Crippen molar-refractivity contribution < 1.29 is 31.6 Å². The summed E-state index contributed by atoms with van der Waals surface area (Å²) >= 11 is 10.1. The summed E-state index contributed by atoms with van der Waals surface area (Å²) < 4.78 is 47.8. The van der Waals surface area contributed by atoms with Gasteiger partial charge in [-0.3, -0.25) is 8.98 Å². The molecule has 0 amide bonds. The van der Waals surface area contributed by atoms with E-state index in [2.05, 4.69) is 21.2 Å². The Hall–Kier alpha value is -3.25. The quantitative estimate of drug-likeness (QED) is 0.0707. The number of hydrogen-bond donors (Lipinski definition) is 1. The molecule has 238 valence electrons. The molecule has 0 spiro atoms. The number of carbonyl (C=O) groups is 1. The minimum Gasteiger partial charge on any atom is -0.490 e. The Morgan fingerprint density at radius 1 is 0.867 bits per heavy atom. The van der Waals surface area contributed by atoms with Crippen LogP contribution in [0, 0.1) is 13.8 Å². The van der Waals surface area contributed by atoms with Crippen LogP contribution in [0.4, 0.5) is 11.4 Å². The lowest BCUT2D eigenvalue weighted by Crippen LogP contribution is -2.13. The van der Waals surface area contributed by atoms with Gasteiger partial charge in [0, 0.05) is 32.5 Å². The highest BCUT2D eigenvalue weighted by Crippen LogP contribution is 2.30. The van der Waals surface area contributed by atoms with Crippen LogP contribution in [0.3, 0.4) is 0 Å². The average Bonchev–Trinajstić information content (AvgIpc) is 2.99. The summed E-state index contributed by atoms with van der Waals surface area (Å²) in [6.45, 7) is 6.79. The standard InChI is InChI=1S/C34H35BrClNO7S/c1-4-44-45(39,40)33-14-9-23(2)19-32(33)43-18-17-41-15-16-42-22-25-20-26(35)10-13-31(25)37-27-11-12-29(30(36)21-27)34(38)28-8-6-5-7-24(28)3/h5-14,19-21,37H,4,15-18,22H2,1-3H3. The van der Waals surface area contributed by atoms with Gasteiger partial charge in [-0.25, -0.2) is 0 Å². The van der Waals surface area contributed by atoms with Gasteiger partial charge in [0.05, 0.1) is 38.1 Å². The van der Waals surface area contributed by atoms with E-state index in [4.69, 9.17) is 30.0 Å². The summed E-state index contributed by atoms with van der Waals surface area (Å²) in [5.41, 5.74) is 5.30. The van der Waals surface area contributed by atoms with Gasteiger partial charge in [-0.1, -0.05) is 57.9 Å². The maximum Gasteiger partial charge on any atom is 0.300 e. The number of ether oxygens (including phenoxy) is 3. The Kier molecular flexibility index (Phi) is 12.6. The summed E-state index contributed by atoms with van der Waals surface area (Å²) in [5.74, 6) is 0.109. The molecule has 0 saturated heterocycles. The van der Waals surface area contributed by atoms with Gasteiger partial charge < -0.3 is 19.5 Å². The molecule has 0 radical (unpaired) electrons. The van der Waals surface area contributed by atoms with Crippen molar-refractivity contribution in [3.05, 3.63) is 116 Å². The Morgan fingerprint density at radius 3 is 2.38 bits per heavy atom. The van der Waals surface area contributed by atoms with Crippen molar-refractivity contribution in [1.29, 1.82) is 0 Å². The molecule has 45 heavy (non-hydrogen) atoms. The molecular weight excluding hydrogens is 682 g/mol. The molecule has 4 aromatic carbocycles. The van der Waals surface area contributed by atoms with E-state index >= 15 is 0 Å². The first-order chi connectivity index (χ1) is 21.6. The zero-order chi connectivity index (χ0) is 32.4. The largest absolute Gasteiger partial charge is 0.490 e. The average molecular weight is 717 g/mol. The van der Waals surface area contributed by atoms with Gasteiger partial charge >= 0.3 is 10.1 Å². The van der Waals surface area contributed by atoms with Crippen molar-refractivity contribution in [2.24, 2.45) is 0 Å². The second-order valence-corrected chi connectivity index (χ2v) is 13.0. The SMILES string of the molecule is CCOS(=O)(=O)c1ccc(C)cc1OCCOCCOCc1cc(Br)ccc1Nc1ccc(C(=O)c2ccccc2C)c(Cl)c1. The normalized spacial score (nSPS) is 11.4. The van der Waals surface area contributed by atoms with Gasteiger partial charge in [0.1, 0.15) is 17.3 Å². The molecule has 11 heteroatoms. The number of rotatable bonds is 16. The number of aryl methyl sites for hydroxylation is 2. The van der Waals surface area contributed by atoms with E-state index in [0.29, 0.717) is 36.0 Å². The molecule has 4 rings (SSSR count). The molecule has 0 aliphatic heterocycles. The molecule has 0 aromatic heterocycles. The van der Waals surface area contributed by atoms with Crippen LogP contribution in [-0.2, 0) is 30.4 Å². The number of carbonyl (C=O) groups excluding carboxylic acids is 1. The zero-order valence-electron chi connectivity index (χ0n) is 25.3. The number of halogens is 2. The van der Waals surface area contributed by atoms with Gasteiger partial charge in [-0.2, -0.15) is 8.42 Å². The van der Waals surface area contributed by atoms with Crippen molar-refractivity contribution in [3.63, 3.8) is 0 Å². The molecule has 0 atom stereocenters. The summed E-state index contributed by atoms with van der Waals surface area (Å²) in [6.07, 6.45) is 0. The Balaban J connectivity index is 1.27. The van der Waals surface area contributed by atoms with E-state index in [9.17, 15) is 13.2 Å². The second kappa shape index (κ2) is 16.4. The van der Waals surface area contributed by atoms with E-state index in [0.717, 1.165) is 32.5 Å². The fourth-order valence-electron chi connectivity index (χ4n) is 4.47. The molecule has 0 unspecified atom stereocenters. The number of anilines is 2. The van der Waals surface area contributed by atoms with Crippen LogP contribution >= 0.6 is 27.5 Å². The van der Waals surface area contributed by atoms with E-state index in [1.54, 1.807) is 37.3 Å². The van der Waals surface area contributed by atoms with Crippen LogP contribution < -0.4 is 10.1 Å². The van der Waals surface area contributed by atoms with E-state index in [1.165, 1.54) is 6.07 Å². The van der Waals surface area contributed by atoms with Crippen molar-refractivity contribution >= 4 is 54.8 Å². The van der Waals surface area contributed by atoms with Gasteiger partial charge in [-0.15, -0.1) is 0 Å². The topological polar surface area (TPSA) is 100 Å². The predicted molar refractivity (Wildman–Crippen MR) is 179 cm³/mol. The predicted octanol–water partition coefficient (Wildman–Crippen LogP) is 8.03. The van der Waals surface area contributed by atoms with E-state index in [1.807, 2.05) is 56.3 Å². The minimum atomic E-state index is -3.90. The summed E-state index contributed by atoms with van der Waals surface area (Å²) in [6, 6.07) is 23.4. The third kappa shape index (κ3) is 9.62. The molecule has 0 bridgehead atoms. The van der Waals surface area contributed by atoms with Crippen molar-refractivity contribution in [1.82, 2.24) is 0 Å². The van der Waals surface area contributed by atoms with Crippen LogP contribution in [0.1, 0.15) is 39.5 Å². The zero-order valence-corrected chi connectivity index (χ0v) is 28.4. The van der Waals surface area contributed by atoms with Crippen LogP contribution in [0.25, 0.3) is 0 Å². The first kappa shape index (κ1) is 34.6. The molecule has 4 aromatic rings. The Morgan fingerprint density at radius 2 is 1.62 bits per heavy atom. The van der Waals surface area contributed by atoms with Gasteiger partial charge in [0.15, 0.2) is 5.78 Å². The minimum absolute atomic E-state index is 0.00862. The third-order valence-corrected chi connectivity index (χ3v) is 8.93. The highest BCUT2D eigenvalue weighted by molar-refractivity contribution is 9.10. The molecule has 0 aliphatic rings. The Bertz CT molecular complexity index is 1750. The fraction of sp³-hybridized carbons (Fsp3) is 0.265. The molecule has 1 N–H and O–H groups in total. The van der Waals surface area contributed by atoms with Crippen LogP contribution in [-0.4, -0.2) is 47.2 Å². The van der Waals surface area contributed by atoms with E-state index in [-0.39, 0.29) is 36.2 Å². The van der Waals surface area contributed by atoms with E-state index < -0.39 is 10.1 Å². The lowest BCUT2D eigenvalue weighted by atomic mass is 9.99. The fourth-order valence-corrected chi connectivity index (χ4v) is 6.19. The molecule has 8 nitrogen and oxygen atoms in total. The highest BCUT2D eigenvalue weighted by Gasteiger charge is 2.20. The van der Waals surface area contributed by atoms with Gasteiger partial charge in [0.2, 0.25) is 0 Å². The molecule has 0 fully saturated rings. The van der Waals surface area contributed by atoms with Crippen LogP contribution in [0.15, 0.2) is 88.2 Å². The molecule has 0 aliphatic carbocycles. The van der Waals surface area contributed by atoms with Crippen LogP contribution in [0.5, 0.6) is 5.75 Å². The lowest BCUT2D eigenvalue weighted by Gasteiger charge is -2.15. The number of benzene rings is 4. The summed E-state index contributed by atoms with van der Waals surface area (Å²) in [4.78, 5) is 13.0. The monoisotopic (exact) mass is 715 g/mol. The summed E-state index contributed by atoms with van der Waals surface area (Å²) in [7, 11) is -3.90. The first-order valence-corrected chi connectivity index (χ1v) is 16.9. The lowest BCUT2D eigenvalue weighted by molar-refractivity contribution is 0.0302. The Labute approximate surface area is 277 Å². The maximum absolute atomic E-state index is 13.1. The second-order valence-electron chi connectivity index (χ2n) is 10.1. The summed E-state index contributed by atoms with van der Waals surface area (Å²) in [5, 5.41) is 3.73. The first-order valence-electron chi connectivity index (χ1n) is 14.3. The van der Waals surface area contributed by atoms with Crippen LogP contribution in [0.2, 0.25) is 5.02 Å². The molecular formula is C34H35BrClNO7S.